The molecule has 0 bridgehead atoms. The van der Waals surface area contributed by atoms with E-state index in [1.165, 1.54) is 5.56 Å². The van der Waals surface area contributed by atoms with Crippen molar-refractivity contribution in [2.24, 2.45) is 0 Å². The smallest absolute Gasteiger partial charge is 0.118 e. The van der Waals surface area contributed by atoms with E-state index >= 15 is 0 Å². The predicted octanol–water partition coefficient (Wildman–Crippen LogP) is 3.25. The highest BCUT2D eigenvalue weighted by molar-refractivity contribution is 5.44. The van der Waals surface area contributed by atoms with Crippen molar-refractivity contribution in [3.05, 3.63) is 65.2 Å². The van der Waals surface area contributed by atoms with E-state index in [-0.39, 0.29) is 17.8 Å². The Balaban J connectivity index is 2.43. The minimum Gasteiger partial charge on any atom is -0.508 e. The van der Waals surface area contributed by atoms with E-state index in [2.05, 4.69) is 26.0 Å². The van der Waals surface area contributed by atoms with Gasteiger partial charge < -0.3 is 10.2 Å². The molecule has 2 nitrogen and oxygen atoms in total. The van der Waals surface area contributed by atoms with Crippen LogP contribution >= 0.6 is 0 Å². The van der Waals surface area contributed by atoms with Gasteiger partial charge in [-0.1, -0.05) is 56.3 Å². The molecule has 2 heteroatoms. The molecule has 0 saturated carbocycles. The Morgan fingerprint density at radius 1 is 0.947 bits per heavy atom. The third kappa shape index (κ3) is 2.79. The number of aromatic hydroxyl groups is 1. The van der Waals surface area contributed by atoms with Gasteiger partial charge in [0.05, 0.1) is 0 Å². The second kappa shape index (κ2) is 5.45. The maximum atomic E-state index is 9.79. The van der Waals surface area contributed by atoms with Gasteiger partial charge in [0.15, 0.2) is 0 Å². The zero-order valence-electron chi connectivity index (χ0n) is 11.4. The number of benzene rings is 2. The summed E-state index contributed by atoms with van der Waals surface area (Å²) in [4.78, 5) is 0. The van der Waals surface area contributed by atoms with Crippen LogP contribution in [-0.2, 0) is 11.8 Å². The molecule has 0 amide bonds. The van der Waals surface area contributed by atoms with Gasteiger partial charge in [-0.25, -0.2) is 0 Å². The first kappa shape index (κ1) is 13.6. The molecule has 2 rings (SSSR count). The highest BCUT2D eigenvalue weighted by Crippen LogP contribution is 2.33. The summed E-state index contributed by atoms with van der Waals surface area (Å²) in [5.74, 6) is 0.252. The van der Waals surface area contributed by atoms with Gasteiger partial charge in [0.1, 0.15) is 5.75 Å². The third-order valence-corrected chi connectivity index (χ3v) is 3.68. The zero-order valence-corrected chi connectivity index (χ0v) is 11.4. The second-order valence-corrected chi connectivity index (χ2v) is 5.31. The van der Waals surface area contributed by atoms with E-state index < -0.39 is 0 Å². The summed E-state index contributed by atoms with van der Waals surface area (Å²) in [5, 5.41) is 18.8. The molecule has 0 radical (unpaired) electrons. The van der Waals surface area contributed by atoms with E-state index in [0.717, 1.165) is 11.1 Å². The molecule has 0 heterocycles. The second-order valence-electron chi connectivity index (χ2n) is 5.31. The molecule has 0 aliphatic rings. The molecule has 2 aromatic rings. The topological polar surface area (TPSA) is 40.5 Å². The van der Waals surface area contributed by atoms with Crippen molar-refractivity contribution in [3.8, 4) is 5.75 Å². The van der Waals surface area contributed by atoms with Crippen molar-refractivity contribution in [1.82, 2.24) is 0 Å². The van der Waals surface area contributed by atoms with E-state index in [0.29, 0.717) is 6.42 Å². The molecule has 19 heavy (non-hydrogen) atoms. The Hall–Kier alpha value is -1.80. The van der Waals surface area contributed by atoms with Gasteiger partial charge in [-0.05, 0) is 29.2 Å². The van der Waals surface area contributed by atoms with Crippen molar-refractivity contribution < 1.29 is 10.2 Å². The van der Waals surface area contributed by atoms with E-state index in [9.17, 15) is 5.11 Å². The molecule has 2 aromatic carbocycles. The fraction of sp³-hybridized carbons (Fsp3) is 0.294. The lowest BCUT2D eigenvalue weighted by molar-refractivity contribution is 0.297. The molecular formula is C17H20O2. The monoisotopic (exact) mass is 256 g/mol. The molecule has 2 N–H and O–H groups in total. The van der Waals surface area contributed by atoms with Gasteiger partial charge >= 0.3 is 0 Å². The fourth-order valence-electron chi connectivity index (χ4n) is 2.32. The fourth-order valence-corrected chi connectivity index (χ4v) is 2.32. The van der Waals surface area contributed by atoms with Crippen molar-refractivity contribution >= 4 is 0 Å². The molecule has 0 fully saturated rings. The number of hydrogen-bond acceptors (Lipinski definition) is 2. The number of aliphatic hydroxyl groups excluding tert-OH is 1. The van der Waals surface area contributed by atoms with Gasteiger partial charge in [-0.15, -0.1) is 0 Å². The van der Waals surface area contributed by atoms with Crippen LogP contribution in [0.1, 0.15) is 30.5 Å². The molecule has 0 atom stereocenters. The van der Waals surface area contributed by atoms with Gasteiger partial charge in [0.2, 0.25) is 0 Å². The first-order valence-corrected chi connectivity index (χ1v) is 6.54. The maximum absolute atomic E-state index is 9.79. The summed E-state index contributed by atoms with van der Waals surface area (Å²) in [7, 11) is 0. The summed E-state index contributed by atoms with van der Waals surface area (Å²) in [6.07, 6.45) is 0.477. The van der Waals surface area contributed by atoms with Crippen molar-refractivity contribution in [3.63, 3.8) is 0 Å². The average molecular weight is 256 g/mol. The molecule has 0 aliphatic carbocycles. The summed E-state index contributed by atoms with van der Waals surface area (Å²) in [5.41, 5.74) is 3.04. The highest BCUT2D eigenvalue weighted by Gasteiger charge is 2.23. The largest absolute Gasteiger partial charge is 0.508 e. The van der Waals surface area contributed by atoms with Crippen molar-refractivity contribution in [2.75, 3.05) is 6.61 Å². The van der Waals surface area contributed by atoms with Crippen LogP contribution in [0.4, 0.5) is 0 Å². The Morgan fingerprint density at radius 2 is 1.63 bits per heavy atom. The minimum absolute atomic E-state index is 0.0444. The molecule has 0 aromatic heterocycles. The number of aliphatic hydroxyl groups is 1. The number of hydrogen-bond donors (Lipinski definition) is 2. The summed E-state index contributed by atoms with van der Waals surface area (Å²) in [6.45, 7) is 4.37. The Kier molecular flexibility index (Phi) is 3.91. The summed E-state index contributed by atoms with van der Waals surface area (Å²) < 4.78 is 0. The van der Waals surface area contributed by atoms with Crippen LogP contribution in [0.2, 0.25) is 0 Å². The van der Waals surface area contributed by atoms with Gasteiger partial charge in [0, 0.05) is 12.0 Å². The Morgan fingerprint density at radius 3 is 2.26 bits per heavy atom. The zero-order chi connectivity index (χ0) is 13.9. The maximum Gasteiger partial charge on any atom is 0.118 e. The summed E-state index contributed by atoms with van der Waals surface area (Å²) in [6, 6.07) is 15.9. The molecule has 100 valence electrons. The normalized spacial score (nSPS) is 11.5. The highest BCUT2D eigenvalue weighted by atomic mass is 16.3. The van der Waals surface area contributed by atoms with Gasteiger partial charge in [0.25, 0.3) is 0 Å². The van der Waals surface area contributed by atoms with Gasteiger partial charge in [-0.3, -0.25) is 0 Å². The summed E-state index contributed by atoms with van der Waals surface area (Å²) >= 11 is 0. The van der Waals surface area contributed by atoms with Gasteiger partial charge in [-0.2, -0.15) is 0 Å². The minimum atomic E-state index is -0.126. The quantitative estimate of drug-likeness (QED) is 0.881. The SMILES string of the molecule is CC(C)(c1ccccc1)c1ccc(O)c(CCO)c1. The lowest BCUT2D eigenvalue weighted by atomic mass is 9.77. The van der Waals surface area contributed by atoms with Crippen LogP contribution < -0.4 is 0 Å². The van der Waals surface area contributed by atoms with Crippen LogP contribution in [-0.4, -0.2) is 16.8 Å². The van der Waals surface area contributed by atoms with E-state index in [4.69, 9.17) is 5.11 Å². The lowest BCUT2D eigenvalue weighted by Gasteiger charge is -2.26. The molecular weight excluding hydrogens is 236 g/mol. The molecule has 0 unspecified atom stereocenters. The predicted molar refractivity (Wildman–Crippen MR) is 77.5 cm³/mol. The van der Waals surface area contributed by atoms with Crippen LogP contribution in [0, 0.1) is 0 Å². The van der Waals surface area contributed by atoms with E-state index in [1.807, 2.05) is 30.3 Å². The number of phenols is 1. The van der Waals surface area contributed by atoms with Crippen LogP contribution in [0.3, 0.4) is 0 Å². The number of rotatable bonds is 4. The van der Waals surface area contributed by atoms with E-state index in [1.54, 1.807) is 6.07 Å². The molecule has 0 saturated heterocycles. The standard InChI is InChI=1S/C17H20O2/c1-17(2,14-6-4-3-5-7-14)15-8-9-16(19)13(12-15)10-11-18/h3-9,12,18-19H,10-11H2,1-2H3. The van der Waals surface area contributed by atoms with Crippen LogP contribution in [0.5, 0.6) is 5.75 Å². The number of phenolic OH excluding ortho intramolecular Hbond substituents is 1. The lowest BCUT2D eigenvalue weighted by Crippen LogP contribution is -2.19. The molecule has 0 spiro atoms. The Labute approximate surface area is 114 Å². The molecule has 0 aliphatic heterocycles. The first-order valence-electron chi connectivity index (χ1n) is 6.54. The first-order chi connectivity index (χ1) is 9.05. The third-order valence-electron chi connectivity index (χ3n) is 3.68. The Bertz CT molecular complexity index is 544. The van der Waals surface area contributed by atoms with Crippen molar-refractivity contribution in [2.45, 2.75) is 25.7 Å². The average Bonchev–Trinajstić information content (AvgIpc) is 2.42. The van der Waals surface area contributed by atoms with Crippen LogP contribution in [0.25, 0.3) is 0 Å². The van der Waals surface area contributed by atoms with Crippen LogP contribution in [0.15, 0.2) is 48.5 Å². The van der Waals surface area contributed by atoms with Crippen molar-refractivity contribution in [1.29, 1.82) is 0 Å².